The minimum absolute atomic E-state index is 0.118. The van der Waals surface area contributed by atoms with Crippen LogP contribution in [0.2, 0.25) is 5.02 Å². The first-order chi connectivity index (χ1) is 12.5. The number of pyridine rings is 1. The zero-order valence-corrected chi connectivity index (χ0v) is 16.3. The van der Waals surface area contributed by atoms with E-state index in [4.69, 9.17) is 21.1 Å². The van der Waals surface area contributed by atoms with Gasteiger partial charge >= 0.3 is 0 Å². The van der Waals surface area contributed by atoms with Gasteiger partial charge in [-0.3, -0.25) is 4.79 Å². The summed E-state index contributed by atoms with van der Waals surface area (Å²) in [5.41, 5.74) is 1.05. The quantitative estimate of drug-likeness (QED) is 0.589. The number of methoxy groups -OCH3 is 1. The Hall–Kier alpha value is -2.09. The molecule has 6 nitrogen and oxygen atoms in total. The highest BCUT2D eigenvalue weighted by molar-refractivity contribution is 7.13. The molecular formula is C18H20ClN3O3S. The van der Waals surface area contributed by atoms with Gasteiger partial charge in [0.15, 0.2) is 5.43 Å². The molecule has 0 bridgehead atoms. The van der Waals surface area contributed by atoms with Crippen LogP contribution >= 0.6 is 22.9 Å². The number of ether oxygens (including phenoxy) is 2. The van der Waals surface area contributed by atoms with Gasteiger partial charge in [-0.15, -0.1) is 11.3 Å². The smallest absolute Gasteiger partial charge is 0.190 e. The maximum atomic E-state index is 12.5. The lowest BCUT2D eigenvalue weighted by Gasteiger charge is -2.10. The van der Waals surface area contributed by atoms with E-state index >= 15 is 0 Å². The van der Waals surface area contributed by atoms with E-state index in [-0.39, 0.29) is 11.5 Å². The minimum Gasteiger partial charge on any atom is -0.490 e. The van der Waals surface area contributed by atoms with Gasteiger partial charge in [0.2, 0.25) is 0 Å². The molecule has 26 heavy (non-hydrogen) atoms. The summed E-state index contributed by atoms with van der Waals surface area (Å²) in [6.07, 6.45) is 0. The molecule has 0 aliphatic carbocycles. The first-order valence-corrected chi connectivity index (χ1v) is 9.45. The van der Waals surface area contributed by atoms with E-state index in [1.807, 2.05) is 19.2 Å². The van der Waals surface area contributed by atoms with Gasteiger partial charge in [-0.1, -0.05) is 11.6 Å². The predicted molar refractivity (Wildman–Crippen MR) is 107 cm³/mol. The van der Waals surface area contributed by atoms with Gasteiger partial charge in [0.1, 0.15) is 28.2 Å². The molecule has 0 fully saturated rings. The van der Waals surface area contributed by atoms with Gasteiger partial charge in [-0.25, -0.2) is 4.98 Å². The molecule has 0 spiro atoms. The Bertz CT molecular complexity index is 968. The Labute approximate surface area is 160 Å². The summed E-state index contributed by atoms with van der Waals surface area (Å²) in [5, 5.41) is 6.76. The van der Waals surface area contributed by atoms with Crippen molar-refractivity contribution in [3.05, 3.63) is 38.8 Å². The van der Waals surface area contributed by atoms with Crippen molar-refractivity contribution in [3.8, 4) is 16.5 Å². The van der Waals surface area contributed by atoms with Crippen LogP contribution in [0.5, 0.6) is 5.75 Å². The predicted octanol–water partition coefficient (Wildman–Crippen LogP) is 4.15. The summed E-state index contributed by atoms with van der Waals surface area (Å²) in [5.74, 6) is 1.29. The second-order valence-electron chi connectivity index (χ2n) is 6.03. The summed E-state index contributed by atoms with van der Waals surface area (Å²) in [6.45, 7) is 4.92. The maximum absolute atomic E-state index is 12.5. The molecule has 2 N–H and O–H groups in total. The Morgan fingerprint density at radius 1 is 1.35 bits per heavy atom. The average molecular weight is 394 g/mol. The summed E-state index contributed by atoms with van der Waals surface area (Å²) in [7, 11) is 1.60. The van der Waals surface area contributed by atoms with Crippen molar-refractivity contribution >= 4 is 39.7 Å². The molecule has 3 aromatic rings. The van der Waals surface area contributed by atoms with Gasteiger partial charge in [0, 0.05) is 30.0 Å². The molecule has 0 radical (unpaired) electrons. The third-order valence-corrected chi connectivity index (χ3v) is 4.87. The highest BCUT2D eigenvalue weighted by Gasteiger charge is 2.13. The van der Waals surface area contributed by atoms with Crippen LogP contribution in [0.15, 0.2) is 28.4 Å². The average Bonchev–Trinajstić information content (AvgIpc) is 3.05. The van der Waals surface area contributed by atoms with Crippen LogP contribution in [0.25, 0.3) is 21.6 Å². The number of hydrogen-bond acceptors (Lipinski definition) is 6. The van der Waals surface area contributed by atoms with Gasteiger partial charge in [-0.2, -0.15) is 0 Å². The number of aromatic amines is 1. The number of rotatable bonds is 7. The third-order valence-electron chi connectivity index (χ3n) is 3.62. The number of hydrogen-bond donors (Lipinski definition) is 2. The number of H-pyrrole nitrogens is 1. The van der Waals surface area contributed by atoms with E-state index in [1.165, 1.54) is 11.3 Å². The van der Waals surface area contributed by atoms with E-state index in [0.29, 0.717) is 45.6 Å². The van der Waals surface area contributed by atoms with Crippen LogP contribution in [0.3, 0.4) is 0 Å². The molecule has 138 valence electrons. The Balaban J connectivity index is 2.01. The van der Waals surface area contributed by atoms with E-state index in [0.717, 1.165) is 5.82 Å². The second-order valence-corrected chi connectivity index (χ2v) is 7.26. The number of nitrogens with one attached hydrogen (secondary N) is 2. The zero-order valence-electron chi connectivity index (χ0n) is 14.8. The second kappa shape index (κ2) is 8.07. The fourth-order valence-corrected chi connectivity index (χ4v) is 3.48. The molecule has 0 aliphatic rings. The van der Waals surface area contributed by atoms with E-state index < -0.39 is 0 Å². The van der Waals surface area contributed by atoms with Crippen molar-refractivity contribution in [2.75, 3.05) is 25.6 Å². The Morgan fingerprint density at radius 3 is 2.88 bits per heavy atom. The molecule has 0 aliphatic heterocycles. The molecule has 0 saturated carbocycles. The first kappa shape index (κ1) is 18.7. The van der Waals surface area contributed by atoms with E-state index in [2.05, 4.69) is 15.3 Å². The van der Waals surface area contributed by atoms with Gasteiger partial charge in [-0.05, 0) is 26.0 Å². The number of benzene rings is 1. The number of fused-ring (bicyclic) bond motifs is 1. The molecule has 0 amide bonds. The van der Waals surface area contributed by atoms with Crippen molar-refractivity contribution in [2.24, 2.45) is 0 Å². The van der Waals surface area contributed by atoms with E-state index in [9.17, 15) is 4.79 Å². The van der Waals surface area contributed by atoms with Gasteiger partial charge in [0.25, 0.3) is 0 Å². The number of nitrogens with zero attached hydrogens (tertiary/aromatic N) is 1. The first-order valence-electron chi connectivity index (χ1n) is 8.19. The van der Waals surface area contributed by atoms with Crippen molar-refractivity contribution < 1.29 is 9.47 Å². The molecule has 1 aromatic carbocycles. The van der Waals surface area contributed by atoms with Gasteiger partial charge < -0.3 is 19.8 Å². The monoisotopic (exact) mass is 393 g/mol. The van der Waals surface area contributed by atoms with Crippen molar-refractivity contribution in [1.82, 2.24) is 9.97 Å². The van der Waals surface area contributed by atoms with Crippen LogP contribution < -0.4 is 15.5 Å². The molecular weight excluding hydrogens is 374 g/mol. The van der Waals surface area contributed by atoms with Crippen LogP contribution in [0.4, 0.5) is 5.82 Å². The zero-order chi connectivity index (χ0) is 18.7. The fraction of sp³-hybridized carbons (Fsp3) is 0.333. The SMILES string of the molecule is COCCOc1ccc2c(=O)cc(-c3nc(NC(C)C)cs3)[nH]c2c1Cl. The van der Waals surface area contributed by atoms with Crippen LogP contribution in [0, 0.1) is 0 Å². The minimum atomic E-state index is -0.118. The lowest BCUT2D eigenvalue weighted by atomic mass is 10.2. The summed E-state index contributed by atoms with van der Waals surface area (Å²) in [4.78, 5) is 20.3. The standard InChI is InChI=1S/C18H20ClN3O3S/c1-10(2)20-15-9-26-18(22-15)12-8-13(23)11-4-5-14(25-7-6-24-3)16(19)17(11)21-12/h4-5,8-10,20H,6-7H2,1-3H3,(H,21,23). The Morgan fingerprint density at radius 2 is 2.15 bits per heavy atom. The maximum Gasteiger partial charge on any atom is 0.190 e. The molecule has 2 aromatic heterocycles. The van der Waals surface area contributed by atoms with Gasteiger partial charge in [0.05, 0.1) is 17.8 Å². The largest absolute Gasteiger partial charge is 0.490 e. The molecule has 0 saturated heterocycles. The van der Waals surface area contributed by atoms with Crippen molar-refractivity contribution in [1.29, 1.82) is 0 Å². The number of thiazole rings is 1. The highest BCUT2D eigenvalue weighted by atomic mass is 35.5. The number of anilines is 1. The molecule has 0 unspecified atom stereocenters. The number of aromatic nitrogens is 2. The third kappa shape index (κ3) is 4.00. The van der Waals surface area contributed by atoms with Crippen LogP contribution in [0.1, 0.15) is 13.8 Å². The number of halogens is 1. The normalized spacial score (nSPS) is 11.3. The van der Waals surface area contributed by atoms with Crippen LogP contribution in [-0.4, -0.2) is 36.3 Å². The highest BCUT2D eigenvalue weighted by Crippen LogP contribution is 2.32. The fourth-order valence-electron chi connectivity index (χ4n) is 2.49. The Kier molecular flexibility index (Phi) is 5.80. The molecule has 8 heteroatoms. The summed E-state index contributed by atoms with van der Waals surface area (Å²) in [6, 6.07) is 5.23. The van der Waals surface area contributed by atoms with Crippen LogP contribution in [-0.2, 0) is 4.74 Å². The van der Waals surface area contributed by atoms with Crippen molar-refractivity contribution in [2.45, 2.75) is 19.9 Å². The molecule has 3 rings (SSSR count). The van der Waals surface area contributed by atoms with E-state index in [1.54, 1.807) is 25.3 Å². The lowest BCUT2D eigenvalue weighted by molar-refractivity contribution is 0.146. The van der Waals surface area contributed by atoms with Crippen molar-refractivity contribution in [3.63, 3.8) is 0 Å². The summed E-state index contributed by atoms with van der Waals surface area (Å²) < 4.78 is 10.6. The lowest BCUT2D eigenvalue weighted by Crippen LogP contribution is -2.09. The topological polar surface area (TPSA) is 76.2 Å². The molecule has 2 heterocycles. The molecule has 0 atom stereocenters. The summed E-state index contributed by atoms with van der Waals surface area (Å²) >= 11 is 7.91.